The summed E-state index contributed by atoms with van der Waals surface area (Å²) in [5.74, 6) is 0.975. The molecular formula is C17H24O. The van der Waals surface area contributed by atoms with Gasteiger partial charge < -0.3 is 0 Å². The van der Waals surface area contributed by atoms with Crippen LogP contribution < -0.4 is 0 Å². The molecule has 0 atom stereocenters. The summed E-state index contributed by atoms with van der Waals surface area (Å²) >= 11 is 0. The molecule has 1 aliphatic rings. The van der Waals surface area contributed by atoms with Gasteiger partial charge in [0, 0.05) is 12.0 Å². The molecule has 0 radical (unpaired) electrons. The molecule has 1 aromatic rings. The van der Waals surface area contributed by atoms with Crippen molar-refractivity contribution in [1.82, 2.24) is 0 Å². The van der Waals surface area contributed by atoms with Crippen LogP contribution in [0, 0.1) is 5.92 Å². The molecule has 0 aliphatic heterocycles. The predicted molar refractivity (Wildman–Crippen MR) is 76.0 cm³/mol. The largest absolute Gasteiger partial charge is 0.294 e. The number of hydrogen-bond donors (Lipinski definition) is 0. The second-order valence-electron chi connectivity index (χ2n) is 5.54. The van der Waals surface area contributed by atoms with E-state index >= 15 is 0 Å². The van der Waals surface area contributed by atoms with Gasteiger partial charge in [0.25, 0.3) is 0 Å². The minimum absolute atomic E-state index is 0.345. The number of carbonyl (C=O) groups excluding carboxylic acids is 1. The van der Waals surface area contributed by atoms with E-state index in [-0.39, 0.29) is 0 Å². The molecule has 0 aromatic heterocycles. The molecule has 1 nitrogen and oxygen atoms in total. The lowest BCUT2D eigenvalue weighted by Crippen LogP contribution is -2.08. The van der Waals surface area contributed by atoms with E-state index in [0.29, 0.717) is 11.7 Å². The monoisotopic (exact) mass is 244 g/mol. The van der Waals surface area contributed by atoms with Crippen molar-refractivity contribution in [3.63, 3.8) is 0 Å². The van der Waals surface area contributed by atoms with E-state index in [9.17, 15) is 4.79 Å². The van der Waals surface area contributed by atoms with Gasteiger partial charge in [0.2, 0.25) is 0 Å². The third kappa shape index (κ3) is 3.69. The molecule has 1 aromatic carbocycles. The Balaban J connectivity index is 1.97. The van der Waals surface area contributed by atoms with Crippen molar-refractivity contribution in [2.75, 3.05) is 0 Å². The fourth-order valence-corrected chi connectivity index (χ4v) is 2.91. The van der Waals surface area contributed by atoms with E-state index in [2.05, 4.69) is 19.1 Å². The molecule has 2 rings (SSSR count). The summed E-state index contributed by atoms with van der Waals surface area (Å²) in [6.45, 7) is 2.13. The SMILES string of the molecule is CCc1cccc(C(=O)CC2CCCCCC2)c1. The highest BCUT2D eigenvalue weighted by molar-refractivity contribution is 5.96. The van der Waals surface area contributed by atoms with Crippen LogP contribution in [-0.2, 0) is 6.42 Å². The maximum atomic E-state index is 12.3. The van der Waals surface area contributed by atoms with Crippen LogP contribution in [0.25, 0.3) is 0 Å². The van der Waals surface area contributed by atoms with E-state index in [1.807, 2.05) is 12.1 Å². The average molecular weight is 244 g/mol. The van der Waals surface area contributed by atoms with Gasteiger partial charge >= 0.3 is 0 Å². The molecule has 0 unspecified atom stereocenters. The van der Waals surface area contributed by atoms with Crippen molar-refractivity contribution in [1.29, 1.82) is 0 Å². The first-order valence-electron chi connectivity index (χ1n) is 7.41. The van der Waals surface area contributed by atoms with Gasteiger partial charge in [0.15, 0.2) is 5.78 Å². The summed E-state index contributed by atoms with van der Waals surface area (Å²) in [6.07, 6.45) is 9.60. The Labute approximate surface area is 111 Å². The topological polar surface area (TPSA) is 17.1 Å². The summed E-state index contributed by atoms with van der Waals surface area (Å²) in [7, 11) is 0. The third-order valence-electron chi connectivity index (χ3n) is 4.11. The Kier molecular flexibility index (Phi) is 4.98. The van der Waals surface area contributed by atoms with Crippen LogP contribution in [0.2, 0.25) is 0 Å². The Morgan fingerprint density at radius 1 is 1.17 bits per heavy atom. The van der Waals surface area contributed by atoms with Crippen molar-refractivity contribution in [3.05, 3.63) is 35.4 Å². The normalized spacial score (nSPS) is 17.4. The van der Waals surface area contributed by atoms with Gasteiger partial charge in [-0.1, -0.05) is 63.6 Å². The Morgan fingerprint density at radius 2 is 1.89 bits per heavy atom. The zero-order valence-corrected chi connectivity index (χ0v) is 11.5. The maximum Gasteiger partial charge on any atom is 0.163 e. The van der Waals surface area contributed by atoms with Crippen molar-refractivity contribution in [3.8, 4) is 0 Å². The second-order valence-corrected chi connectivity index (χ2v) is 5.54. The predicted octanol–water partition coefficient (Wildman–Crippen LogP) is 4.79. The van der Waals surface area contributed by atoms with E-state index in [4.69, 9.17) is 0 Å². The minimum atomic E-state index is 0.345. The van der Waals surface area contributed by atoms with E-state index in [1.54, 1.807) is 0 Å². The Bertz CT molecular complexity index is 386. The highest BCUT2D eigenvalue weighted by atomic mass is 16.1. The van der Waals surface area contributed by atoms with Gasteiger partial charge in [0.1, 0.15) is 0 Å². The minimum Gasteiger partial charge on any atom is -0.294 e. The molecule has 18 heavy (non-hydrogen) atoms. The fraction of sp³-hybridized carbons (Fsp3) is 0.588. The third-order valence-corrected chi connectivity index (χ3v) is 4.11. The lowest BCUT2D eigenvalue weighted by Gasteiger charge is -2.13. The zero-order valence-electron chi connectivity index (χ0n) is 11.5. The number of ketones is 1. The standard InChI is InChI=1S/C17H24O/c1-2-14-10-7-11-16(12-14)17(18)13-15-8-5-3-4-6-9-15/h7,10-12,15H,2-6,8-9,13H2,1H3. The van der Waals surface area contributed by atoms with Gasteiger partial charge in [-0.2, -0.15) is 0 Å². The van der Waals surface area contributed by atoms with Crippen LogP contribution in [0.3, 0.4) is 0 Å². The van der Waals surface area contributed by atoms with Gasteiger partial charge in [0.05, 0.1) is 0 Å². The Morgan fingerprint density at radius 3 is 2.56 bits per heavy atom. The average Bonchev–Trinajstić information content (AvgIpc) is 2.67. The van der Waals surface area contributed by atoms with Crippen molar-refractivity contribution in [2.45, 2.75) is 58.3 Å². The first-order valence-corrected chi connectivity index (χ1v) is 7.41. The zero-order chi connectivity index (χ0) is 12.8. The molecule has 0 spiro atoms. The molecule has 1 saturated carbocycles. The van der Waals surface area contributed by atoms with Crippen LogP contribution >= 0.6 is 0 Å². The summed E-state index contributed by atoms with van der Waals surface area (Å²) < 4.78 is 0. The summed E-state index contributed by atoms with van der Waals surface area (Å²) in [6, 6.07) is 8.15. The van der Waals surface area contributed by atoms with Gasteiger partial charge in [-0.15, -0.1) is 0 Å². The lowest BCUT2D eigenvalue weighted by molar-refractivity contribution is 0.0957. The number of benzene rings is 1. The molecule has 0 N–H and O–H groups in total. The summed E-state index contributed by atoms with van der Waals surface area (Å²) in [5, 5.41) is 0. The van der Waals surface area contributed by atoms with Crippen molar-refractivity contribution < 1.29 is 4.79 Å². The molecule has 0 amide bonds. The highest BCUT2D eigenvalue weighted by Gasteiger charge is 2.17. The van der Waals surface area contributed by atoms with Crippen LogP contribution in [0.1, 0.15) is 67.8 Å². The molecule has 1 heteroatoms. The van der Waals surface area contributed by atoms with Crippen LogP contribution in [0.5, 0.6) is 0 Å². The molecule has 98 valence electrons. The maximum absolute atomic E-state index is 12.3. The first-order chi connectivity index (χ1) is 8.79. The van der Waals surface area contributed by atoms with Crippen LogP contribution in [-0.4, -0.2) is 5.78 Å². The van der Waals surface area contributed by atoms with E-state index < -0.39 is 0 Å². The number of aryl methyl sites for hydroxylation is 1. The molecule has 0 heterocycles. The molecule has 1 aliphatic carbocycles. The second kappa shape index (κ2) is 6.72. The number of Topliss-reactive ketones (excluding diaryl/α,β-unsaturated/α-hetero) is 1. The number of rotatable bonds is 4. The Hall–Kier alpha value is -1.11. The van der Waals surface area contributed by atoms with Gasteiger partial charge in [-0.05, 0) is 24.0 Å². The fourth-order valence-electron chi connectivity index (χ4n) is 2.91. The summed E-state index contributed by atoms with van der Waals surface area (Å²) in [4.78, 5) is 12.3. The van der Waals surface area contributed by atoms with E-state index in [0.717, 1.165) is 18.4 Å². The molecule has 0 saturated heterocycles. The quantitative estimate of drug-likeness (QED) is 0.549. The molecule has 0 bridgehead atoms. The smallest absolute Gasteiger partial charge is 0.163 e. The van der Waals surface area contributed by atoms with Crippen molar-refractivity contribution in [2.24, 2.45) is 5.92 Å². The first kappa shape index (κ1) is 13.3. The van der Waals surface area contributed by atoms with Gasteiger partial charge in [-0.25, -0.2) is 0 Å². The van der Waals surface area contributed by atoms with Crippen LogP contribution in [0.4, 0.5) is 0 Å². The molecule has 1 fully saturated rings. The van der Waals surface area contributed by atoms with E-state index in [1.165, 1.54) is 44.1 Å². The molecular weight excluding hydrogens is 220 g/mol. The van der Waals surface area contributed by atoms with Crippen molar-refractivity contribution >= 4 is 5.78 Å². The van der Waals surface area contributed by atoms with Crippen LogP contribution in [0.15, 0.2) is 24.3 Å². The lowest BCUT2D eigenvalue weighted by atomic mass is 9.91. The highest BCUT2D eigenvalue weighted by Crippen LogP contribution is 2.26. The van der Waals surface area contributed by atoms with Gasteiger partial charge in [-0.3, -0.25) is 4.79 Å². The number of carbonyl (C=O) groups is 1. The number of hydrogen-bond acceptors (Lipinski definition) is 1. The summed E-state index contributed by atoms with van der Waals surface area (Å²) in [5.41, 5.74) is 2.18.